The lowest BCUT2D eigenvalue weighted by atomic mass is 9.90. The van der Waals surface area contributed by atoms with Crippen LogP contribution in [0.15, 0.2) is 24.3 Å². The van der Waals surface area contributed by atoms with Crippen LogP contribution in [0.4, 0.5) is 0 Å². The van der Waals surface area contributed by atoms with E-state index in [4.69, 9.17) is 21.4 Å². The quantitative estimate of drug-likeness (QED) is 0.706. The first-order valence-electron chi connectivity index (χ1n) is 8.05. The zero-order valence-corrected chi connectivity index (χ0v) is 16.4. The summed E-state index contributed by atoms with van der Waals surface area (Å²) in [5, 5.41) is 13.2. The van der Waals surface area contributed by atoms with E-state index in [1.165, 1.54) is 11.3 Å². The molecule has 0 fully saturated rings. The van der Waals surface area contributed by atoms with Gasteiger partial charge in [-0.1, -0.05) is 11.6 Å². The number of thiazole rings is 1. The maximum absolute atomic E-state index is 12.3. The molecule has 0 aliphatic carbocycles. The number of carbonyl (C=O) groups is 2. The van der Waals surface area contributed by atoms with Crippen molar-refractivity contribution in [2.45, 2.75) is 33.8 Å². The average Bonchev–Trinajstić information content (AvgIpc) is 2.95. The summed E-state index contributed by atoms with van der Waals surface area (Å²) in [4.78, 5) is 28.3. The molecule has 140 valence electrons. The van der Waals surface area contributed by atoms with Crippen LogP contribution in [0.3, 0.4) is 0 Å². The van der Waals surface area contributed by atoms with E-state index >= 15 is 0 Å². The standard InChI is InChI=1S/C18H21ClN2O4S/c1-11-15(16(22)20-9-8-18(2,3)17(23)24)26-14(21-11)10-25-13-6-4-12(19)5-7-13/h4-7H,8-10H2,1-3H3,(H,20,22)(H,23,24). The van der Waals surface area contributed by atoms with E-state index in [1.807, 2.05) is 0 Å². The number of aryl methyl sites for hydroxylation is 1. The van der Waals surface area contributed by atoms with E-state index in [1.54, 1.807) is 45.0 Å². The highest BCUT2D eigenvalue weighted by molar-refractivity contribution is 7.13. The van der Waals surface area contributed by atoms with Gasteiger partial charge >= 0.3 is 5.97 Å². The summed E-state index contributed by atoms with van der Waals surface area (Å²) >= 11 is 7.10. The fourth-order valence-electron chi connectivity index (χ4n) is 2.08. The van der Waals surface area contributed by atoms with Crippen LogP contribution < -0.4 is 10.1 Å². The number of carbonyl (C=O) groups excluding carboxylic acids is 1. The lowest BCUT2D eigenvalue weighted by Gasteiger charge is -2.18. The number of aliphatic carboxylic acids is 1. The molecule has 0 spiro atoms. The molecule has 0 aliphatic rings. The molecular formula is C18H21ClN2O4S. The topological polar surface area (TPSA) is 88.5 Å². The Kier molecular flexibility index (Phi) is 6.61. The van der Waals surface area contributed by atoms with Gasteiger partial charge in [0.15, 0.2) is 0 Å². The number of nitrogens with zero attached hydrogens (tertiary/aromatic N) is 1. The molecule has 2 N–H and O–H groups in total. The van der Waals surface area contributed by atoms with Gasteiger partial charge in [0.2, 0.25) is 0 Å². The van der Waals surface area contributed by atoms with Crippen LogP contribution in [0.25, 0.3) is 0 Å². The minimum atomic E-state index is -0.887. The Labute approximate surface area is 161 Å². The van der Waals surface area contributed by atoms with E-state index < -0.39 is 11.4 Å². The van der Waals surface area contributed by atoms with Gasteiger partial charge in [-0.15, -0.1) is 11.3 Å². The van der Waals surface area contributed by atoms with E-state index in [2.05, 4.69) is 10.3 Å². The smallest absolute Gasteiger partial charge is 0.309 e. The van der Waals surface area contributed by atoms with Crippen LogP contribution in [0.2, 0.25) is 5.02 Å². The third-order valence-electron chi connectivity index (χ3n) is 3.84. The maximum atomic E-state index is 12.3. The summed E-state index contributed by atoms with van der Waals surface area (Å²) in [5.41, 5.74) is -0.257. The first-order chi connectivity index (χ1) is 12.2. The van der Waals surface area contributed by atoms with Crippen molar-refractivity contribution in [1.29, 1.82) is 0 Å². The Morgan fingerprint density at radius 1 is 1.31 bits per heavy atom. The predicted molar refractivity (Wildman–Crippen MR) is 101 cm³/mol. The molecule has 0 saturated carbocycles. The van der Waals surface area contributed by atoms with Gasteiger partial charge in [-0.25, -0.2) is 4.98 Å². The number of rotatable bonds is 8. The second kappa shape index (κ2) is 8.51. The molecule has 1 amide bonds. The molecule has 0 unspecified atom stereocenters. The van der Waals surface area contributed by atoms with Crippen LogP contribution in [0, 0.1) is 12.3 Å². The number of benzene rings is 1. The molecule has 0 atom stereocenters. The van der Waals surface area contributed by atoms with Gasteiger partial charge in [0.1, 0.15) is 22.2 Å². The molecule has 26 heavy (non-hydrogen) atoms. The Morgan fingerprint density at radius 2 is 1.96 bits per heavy atom. The van der Waals surface area contributed by atoms with E-state index in [-0.39, 0.29) is 19.1 Å². The van der Waals surface area contributed by atoms with Crippen LogP contribution >= 0.6 is 22.9 Å². The van der Waals surface area contributed by atoms with Crippen molar-refractivity contribution < 1.29 is 19.4 Å². The lowest BCUT2D eigenvalue weighted by Crippen LogP contribution is -2.31. The number of ether oxygens (including phenoxy) is 1. The first kappa shape index (κ1) is 20.2. The second-order valence-electron chi connectivity index (χ2n) is 6.46. The summed E-state index contributed by atoms with van der Waals surface area (Å²) in [5.74, 6) is -0.467. The second-order valence-corrected chi connectivity index (χ2v) is 7.98. The summed E-state index contributed by atoms with van der Waals surface area (Å²) in [6.07, 6.45) is 0.346. The van der Waals surface area contributed by atoms with E-state index in [0.29, 0.717) is 32.8 Å². The molecule has 1 heterocycles. The van der Waals surface area contributed by atoms with Gasteiger partial charge in [0.05, 0.1) is 11.1 Å². The molecule has 1 aromatic heterocycles. The average molecular weight is 397 g/mol. The SMILES string of the molecule is Cc1nc(COc2ccc(Cl)cc2)sc1C(=O)NCCC(C)(C)C(=O)O. The minimum Gasteiger partial charge on any atom is -0.486 e. The van der Waals surface area contributed by atoms with Crippen LogP contribution in [-0.2, 0) is 11.4 Å². The van der Waals surface area contributed by atoms with Crippen molar-refractivity contribution in [3.05, 3.63) is 44.9 Å². The van der Waals surface area contributed by atoms with Crippen LogP contribution in [-0.4, -0.2) is 28.5 Å². The number of aromatic nitrogens is 1. The zero-order valence-electron chi connectivity index (χ0n) is 14.8. The lowest BCUT2D eigenvalue weighted by molar-refractivity contribution is -0.147. The monoisotopic (exact) mass is 396 g/mol. The van der Waals surface area contributed by atoms with Crippen molar-refractivity contribution in [3.8, 4) is 5.75 Å². The molecule has 8 heteroatoms. The number of halogens is 1. The van der Waals surface area contributed by atoms with E-state index in [9.17, 15) is 9.59 Å². The Balaban J connectivity index is 1.91. The molecular weight excluding hydrogens is 376 g/mol. The largest absolute Gasteiger partial charge is 0.486 e. The van der Waals surface area contributed by atoms with Gasteiger partial charge in [-0.2, -0.15) is 0 Å². The number of carboxylic acids is 1. The number of amides is 1. The van der Waals surface area contributed by atoms with Gasteiger partial charge in [-0.05, 0) is 51.5 Å². The first-order valence-corrected chi connectivity index (χ1v) is 9.25. The zero-order chi connectivity index (χ0) is 19.3. The summed E-state index contributed by atoms with van der Waals surface area (Å²) < 4.78 is 5.64. The van der Waals surface area contributed by atoms with Crippen molar-refractivity contribution >= 4 is 34.8 Å². The molecule has 0 bridgehead atoms. The highest BCUT2D eigenvalue weighted by atomic mass is 35.5. The molecule has 2 rings (SSSR count). The third kappa shape index (κ3) is 5.44. The molecule has 0 saturated heterocycles. The van der Waals surface area contributed by atoms with Gasteiger partial charge in [0, 0.05) is 11.6 Å². The molecule has 2 aromatic rings. The number of hydrogen-bond donors (Lipinski definition) is 2. The van der Waals surface area contributed by atoms with Crippen molar-refractivity contribution in [3.63, 3.8) is 0 Å². The summed E-state index contributed by atoms with van der Waals surface area (Å²) in [6.45, 7) is 5.56. The number of hydrogen-bond acceptors (Lipinski definition) is 5. The number of nitrogens with one attached hydrogen (secondary N) is 1. The Hall–Kier alpha value is -2.12. The maximum Gasteiger partial charge on any atom is 0.309 e. The highest BCUT2D eigenvalue weighted by Crippen LogP contribution is 2.22. The van der Waals surface area contributed by atoms with Crippen molar-refractivity contribution in [2.24, 2.45) is 5.41 Å². The van der Waals surface area contributed by atoms with Crippen molar-refractivity contribution in [1.82, 2.24) is 10.3 Å². The molecule has 6 nitrogen and oxygen atoms in total. The fourth-order valence-corrected chi connectivity index (χ4v) is 3.10. The third-order valence-corrected chi connectivity index (χ3v) is 5.22. The number of carboxylic acid groups (broad SMARTS) is 1. The predicted octanol–water partition coefficient (Wildman–Crippen LogP) is 3.91. The van der Waals surface area contributed by atoms with Crippen LogP contribution in [0.5, 0.6) is 5.75 Å². The Bertz CT molecular complexity index is 787. The van der Waals surface area contributed by atoms with Gasteiger partial charge in [-0.3, -0.25) is 9.59 Å². The normalized spacial score (nSPS) is 11.2. The molecule has 0 radical (unpaired) electrons. The minimum absolute atomic E-state index is 0.251. The van der Waals surface area contributed by atoms with Crippen LogP contribution in [0.1, 0.15) is 40.6 Å². The molecule has 0 aliphatic heterocycles. The summed E-state index contributed by atoms with van der Waals surface area (Å²) in [7, 11) is 0. The Morgan fingerprint density at radius 3 is 2.58 bits per heavy atom. The van der Waals surface area contributed by atoms with Gasteiger partial charge < -0.3 is 15.2 Å². The van der Waals surface area contributed by atoms with Gasteiger partial charge in [0.25, 0.3) is 5.91 Å². The van der Waals surface area contributed by atoms with E-state index in [0.717, 1.165) is 0 Å². The highest BCUT2D eigenvalue weighted by Gasteiger charge is 2.27. The summed E-state index contributed by atoms with van der Waals surface area (Å²) in [6, 6.07) is 7.00. The fraction of sp³-hybridized carbons (Fsp3) is 0.389. The van der Waals surface area contributed by atoms with Crippen molar-refractivity contribution in [2.75, 3.05) is 6.54 Å². The molecule has 1 aromatic carbocycles.